The summed E-state index contributed by atoms with van der Waals surface area (Å²) in [6, 6.07) is 8.90. The summed E-state index contributed by atoms with van der Waals surface area (Å²) in [6.45, 7) is 6.68. The maximum atomic E-state index is 12.2. The lowest BCUT2D eigenvalue weighted by atomic mass is 10.00. The third kappa shape index (κ3) is 4.75. The van der Waals surface area contributed by atoms with Gasteiger partial charge in [-0.1, -0.05) is 6.07 Å². The largest absolute Gasteiger partial charge is 0.444 e. The number of nitrogens with two attached hydrogens (primary N) is 1. The van der Waals surface area contributed by atoms with Crippen molar-refractivity contribution >= 4 is 12.0 Å². The summed E-state index contributed by atoms with van der Waals surface area (Å²) >= 11 is 0. The molecule has 2 amide bonds. The van der Waals surface area contributed by atoms with E-state index in [1.807, 2.05) is 39.0 Å². The zero-order valence-corrected chi connectivity index (χ0v) is 15.7. The molecule has 0 atom stereocenters. The lowest BCUT2D eigenvalue weighted by Gasteiger charge is -2.31. The first-order valence-corrected chi connectivity index (χ1v) is 8.75. The van der Waals surface area contributed by atoms with Gasteiger partial charge in [-0.2, -0.15) is 0 Å². The van der Waals surface area contributed by atoms with Crippen LogP contribution in [0.2, 0.25) is 0 Å². The third-order valence-corrected chi connectivity index (χ3v) is 4.08. The zero-order valence-electron chi connectivity index (χ0n) is 15.7. The summed E-state index contributed by atoms with van der Waals surface area (Å²) in [5.41, 5.74) is 7.22. The van der Waals surface area contributed by atoms with Gasteiger partial charge in [-0.05, 0) is 56.5 Å². The van der Waals surface area contributed by atoms with Crippen LogP contribution in [0.4, 0.5) is 4.79 Å². The van der Waals surface area contributed by atoms with Gasteiger partial charge in [0.25, 0.3) is 0 Å². The first-order chi connectivity index (χ1) is 12.7. The molecule has 2 aromatic rings. The molecule has 142 valence electrons. The van der Waals surface area contributed by atoms with Gasteiger partial charge < -0.3 is 20.1 Å². The average molecular weight is 369 g/mol. The highest BCUT2D eigenvalue weighted by Gasteiger charge is 2.25. The van der Waals surface area contributed by atoms with Crippen LogP contribution in [0, 0.1) is 0 Å². The smallest absolute Gasteiger partial charge is 0.410 e. The summed E-state index contributed by atoms with van der Waals surface area (Å²) in [6.07, 6.45) is 1.81. The van der Waals surface area contributed by atoms with E-state index in [-0.39, 0.29) is 6.09 Å². The van der Waals surface area contributed by atoms with Gasteiger partial charge in [-0.3, -0.25) is 4.79 Å². The summed E-state index contributed by atoms with van der Waals surface area (Å²) < 4.78 is 11.2. The van der Waals surface area contributed by atoms with Crippen molar-refractivity contribution in [3.63, 3.8) is 0 Å². The number of benzene rings is 1. The number of hydrogen-bond donors (Lipinski definition) is 1. The van der Waals surface area contributed by atoms with Crippen LogP contribution in [-0.2, 0) is 17.7 Å². The number of amides is 2. The molecule has 0 unspecified atom stereocenters. The second kappa shape index (κ2) is 7.26. The Morgan fingerprint density at radius 1 is 1.15 bits per heavy atom. The fourth-order valence-electron chi connectivity index (χ4n) is 2.78. The van der Waals surface area contributed by atoms with E-state index in [4.69, 9.17) is 15.2 Å². The Morgan fingerprint density at radius 3 is 2.56 bits per heavy atom. The maximum Gasteiger partial charge on any atom is 0.410 e. The van der Waals surface area contributed by atoms with Crippen molar-refractivity contribution < 1.29 is 19.1 Å². The number of rotatable bonds is 3. The Bertz CT molecular complexity index is 857. The van der Waals surface area contributed by atoms with Gasteiger partial charge in [-0.15, -0.1) is 0 Å². The van der Waals surface area contributed by atoms with Gasteiger partial charge >= 0.3 is 6.09 Å². The summed E-state index contributed by atoms with van der Waals surface area (Å²) in [4.78, 5) is 29.1. The molecule has 1 aromatic carbocycles. The number of pyridine rings is 1. The van der Waals surface area contributed by atoms with Crippen molar-refractivity contribution in [2.75, 3.05) is 6.54 Å². The lowest BCUT2D eigenvalue weighted by Crippen LogP contribution is -2.39. The predicted molar refractivity (Wildman–Crippen MR) is 99.6 cm³/mol. The number of nitrogens with zero attached hydrogens (tertiary/aromatic N) is 2. The van der Waals surface area contributed by atoms with Crippen LogP contribution in [-0.4, -0.2) is 34.0 Å². The van der Waals surface area contributed by atoms with Crippen molar-refractivity contribution in [1.29, 1.82) is 0 Å². The highest BCUT2D eigenvalue weighted by Crippen LogP contribution is 2.27. The molecule has 0 fully saturated rings. The second-order valence-corrected chi connectivity index (χ2v) is 7.43. The standard InChI is InChI=1S/C20H23N3O4/c1-20(2,3)27-19(25)23-9-8-13-10-16(6-4-15(13)12-23)26-17-7-5-14(11-22-17)18(21)24/h4-7,10-11H,8-9,12H2,1-3H3,(H2,21,24). The third-order valence-electron chi connectivity index (χ3n) is 4.08. The number of fused-ring (bicyclic) bond motifs is 1. The second-order valence-electron chi connectivity index (χ2n) is 7.43. The van der Waals surface area contributed by atoms with E-state index in [0.717, 1.165) is 17.5 Å². The van der Waals surface area contributed by atoms with Gasteiger partial charge in [-0.25, -0.2) is 9.78 Å². The molecule has 0 saturated heterocycles. The Hall–Kier alpha value is -3.09. The van der Waals surface area contributed by atoms with Crippen LogP contribution >= 0.6 is 0 Å². The molecule has 1 aliphatic rings. The van der Waals surface area contributed by atoms with E-state index in [1.165, 1.54) is 6.20 Å². The van der Waals surface area contributed by atoms with E-state index < -0.39 is 11.5 Å². The summed E-state index contributed by atoms with van der Waals surface area (Å²) in [5.74, 6) is 0.502. The van der Waals surface area contributed by atoms with Crippen molar-refractivity contribution in [3.8, 4) is 11.6 Å². The number of hydrogen-bond acceptors (Lipinski definition) is 5. The molecular weight excluding hydrogens is 346 g/mol. The van der Waals surface area contributed by atoms with E-state index in [0.29, 0.717) is 30.3 Å². The van der Waals surface area contributed by atoms with Crippen LogP contribution in [0.3, 0.4) is 0 Å². The van der Waals surface area contributed by atoms with Crippen molar-refractivity contribution in [3.05, 3.63) is 53.2 Å². The van der Waals surface area contributed by atoms with Crippen molar-refractivity contribution in [1.82, 2.24) is 9.88 Å². The maximum absolute atomic E-state index is 12.2. The monoisotopic (exact) mass is 369 g/mol. The number of carbonyl (C=O) groups is 2. The van der Waals surface area contributed by atoms with Crippen molar-refractivity contribution in [2.24, 2.45) is 5.73 Å². The van der Waals surface area contributed by atoms with Crippen LogP contribution < -0.4 is 10.5 Å². The lowest BCUT2D eigenvalue weighted by molar-refractivity contribution is 0.0224. The van der Waals surface area contributed by atoms with Gasteiger partial charge in [0.2, 0.25) is 11.8 Å². The van der Waals surface area contributed by atoms with E-state index in [9.17, 15) is 9.59 Å². The molecule has 27 heavy (non-hydrogen) atoms. The van der Waals surface area contributed by atoms with Crippen molar-refractivity contribution in [2.45, 2.75) is 39.3 Å². The zero-order chi connectivity index (χ0) is 19.6. The molecule has 0 spiro atoms. The van der Waals surface area contributed by atoms with Crippen LogP contribution in [0.1, 0.15) is 42.3 Å². The minimum atomic E-state index is -0.530. The number of aromatic nitrogens is 1. The Balaban J connectivity index is 1.68. The minimum absolute atomic E-state index is 0.299. The number of ether oxygens (including phenoxy) is 2. The van der Waals surface area contributed by atoms with Crippen LogP contribution in [0.15, 0.2) is 36.5 Å². The van der Waals surface area contributed by atoms with Crippen LogP contribution in [0.25, 0.3) is 0 Å². The molecule has 0 aliphatic carbocycles. The molecule has 2 N–H and O–H groups in total. The number of carbonyl (C=O) groups excluding carboxylic acids is 2. The first-order valence-electron chi connectivity index (χ1n) is 8.75. The number of primary amides is 1. The fourth-order valence-corrected chi connectivity index (χ4v) is 2.78. The predicted octanol–water partition coefficient (Wildman–Crippen LogP) is 3.27. The van der Waals surface area contributed by atoms with E-state index in [1.54, 1.807) is 17.0 Å². The Kier molecular flexibility index (Phi) is 5.03. The highest BCUT2D eigenvalue weighted by molar-refractivity contribution is 5.92. The molecular formula is C20H23N3O4. The quantitative estimate of drug-likeness (QED) is 0.896. The van der Waals surface area contributed by atoms with Crippen LogP contribution in [0.5, 0.6) is 11.6 Å². The van der Waals surface area contributed by atoms with Gasteiger partial charge in [0.15, 0.2) is 0 Å². The molecule has 0 saturated carbocycles. The fraction of sp³-hybridized carbons (Fsp3) is 0.350. The molecule has 0 radical (unpaired) electrons. The highest BCUT2D eigenvalue weighted by atomic mass is 16.6. The van der Waals surface area contributed by atoms with E-state index in [2.05, 4.69) is 4.98 Å². The summed E-state index contributed by atoms with van der Waals surface area (Å²) in [7, 11) is 0. The topological polar surface area (TPSA) is 94.7 Å². The molecule has 1 aromatic heterocycles. The summed E-state index contributed by atoms with van der Waals surface area (Å²) in [5, 5.41) is 0. The molecule has 7 heteroatoms. The molecule has 1 aliphatic heterocycles. The SMILES string of the molecule is CC(C)(C)OC(=O)N1CCc2cc(Oc3ccc(C(N)=O)cn3)ccc2C1. The molecule has 0 bridgehead atoms. The minimum Gasteiger partial charge on any atom is -0.444 e. The van der Waals surface area contributed by atoms with E-state index >= 15 is 0 Å². The van der Waals surface area contributed by atoms with Gasteiger partial charge in [0.05, 0.1) is 5.56 Å². The van der Waals surface area contributed by atoms with Gasteiger partial charge in [0.1, 0.15) is 11.4 Å². The Morgan fingerprint density at radius 2 is 1.93 bits per heavy atom. The molecule has 7 nitrogen and oxygen atoms in total. The average Bonchev–Trinajstić information content (AvgIpc) is 2.60. The molecule has 3 rings (SSSR count). The molecule has 2 heterocycles. The van der Waals surface area contributed by atoms with Gasteiger partial charge in [0, 0.05) is 25.4 Å². The normalized spacial score (nSPS) is 13.7. The Labute approximate surface area is 158 Å². The first kappa shape index (κ1) is 18.7.